The molecule has 0 fully saturated rings. The van der Waals surface area contributed by atoms with Gasteiger partial charge in [-0.2, -0.15) is 26.3 Å². The molecule has 4 nitrogen and oxygen atoms in total. The van der Waals surface area contributed by atoms with E-state index < -0.39 is 43.4 Å². The first-order chi connectivity index (χ1) is 11.9. The van der Waals surface area contributed by atoms with Crippen molar-refractivity contribution in [2.24, 2.45) is 0 Å². The Bertz CT molecular complexity index is 586. The molecule has 0 radical (unpaired) electrons. The zero-order valence-electron chi connectivity index (χ0n) is 13.3. The van der Waals surface area contributed by atoms with Crippen molar-refractivity contribution in [1.82, 2.24) is 0 Å². The highest BCUT2D eigenvalue weighted by atomic mass is 19.4. The Balaban J connectivity index is 0.000000660. The van der Waals surface area contributed by atoms with Crippen molar-refractivity contribution >= 4 is 17.9 Å². The van der Waals surface area contributed by atoms with Crippen molar-refractivity contribution in [3.63, 3.8) is 0 Å². The molecule has 0 atom stereocenters. The molecule has 2 N–H and O–H groups in total. The van der Waals surface area contributed by atoms with Gasteiger partial charge in [0.25, 0.3) is 0 Å². The van der Waals surface area contributed by atoms with E-state index in [-0.39, 0.29) is 30.5 Å². The number of hydrogen-bond donors (Lipinski definition) is 2. The molecule has 0 aliphatic carbocycles. The second kappa shape index (κ2) is 10.6. The number of benzene rings is 1. The first-order valence-corrected chi connectivity index (χ1v) is 7.19. The first-order valence-electron chi connectivity index (χ1n) is 7.19. The summed E-state index contributed by atoms with van der Waals surface area (Å²) in [7, 11) is 0. The van der Waals surface area contributed by atoms with Gasteiger partial charge in [0.2, 0.25) is 0 Å². The Morgan fingerprint density at radius 2 is 1.65 bits per heavy atom. The van der Waals surface area contributed by atoms with Gasteiger partial charge in [0.05, 0.1) is 12.0 Å². The number of carbonyl (C=O) groups is 2. The van der Waals surface area contributed by atoms with Crippen molar-refractivity contribution in [3.05, 3.63) is 29.6 Å². The number of alkyl halides is 6. The van der Waals surface area contributed by atoms with Crippen LogP contribution in [0.1, 0.15) is 36.0 Å². The third-order valence-electron chi connectivity index (χ3n) is 2.71. The van der Waals surface area contributed by atoms with E-state index in [0.717, 1.165) is 12.1 Å². The molecule has 0 saturated heterocycles. The number of aldehydes is 1. The fourth-order valence-electron chi connectivity index (χ4n) is 1.58. The molecule has 1 aromatic rings. The van der Waals surface area contributed by atoms with Crippen LogP contribution in [-0.4, -0.2) is 36.3 Å². The molecule has 0 saturated carbocycles. The van der Waals surface area contributed by atoms with E-state index in [1.807, 2.05) is 0 Å². The molecule has 1 aromatic carbocycles. The lowest BCUT2D eigenvalue weighted by atomic mass is 10.1. The van der Waals surface area contributed by atoms with Gasteiger partial charge >= 0.3 is 18.3 Å². The first kappa shape index (κ1) is 23.7. The zero-order chi connectivity index (χ0) is 20.4. The Morgan fingerprint density at radius 3 is 2.08 bits per heavy atom. The Hall–Kier alpha value is -2.33. The highest BCUT2D eigenvalue weighted by Gasteiger charge is 2.26. The molecule has 0 amide bonds. The van der Waals surface area contributed by atoms with Crippen LogP contribution >= 0.6 is 0 Å². The van der Waals surface area contributed by atoms with E-state index in [9.17, 15) is 40.3 Å². The highest BCUT2D eigenvalue weighted by molar-refractivity contribution is 5.94. The smallest absolute Gasteiger partial charge is 0.389 e. The van der Waals surface area contributed by atoms with Gasteiger partial charge in [0, 0.05) is 25.1 Å². The lowest BCUT2D eigenvalue weighted by Crippen LogP contribution is -2.12. The molecule has 11 heteroatoms. The summed E-state index contributed by atoms with van der Waals surface area (Å²) in [4.78, 5) is 20.1. The topological polar surface area (TPSA) is 66.4 Å². The maximum absolute atomic E-state index is 12.8. The van der Waals surface area contributed by atoms with Crippen LogP contribution in [0.3, 0.4) is 0 Å². The summed E-state index contributed by atoms with van der Waals surface area (Å²) in [6, 6.07) is 3.04. The van der Waals surface area contributed by atoms with Gasteiger partial charge in [0.1, 0.15) is 12.1 Å². The fourth-order valence-corrected chi connectivity index (χ4v) is 1.58. The minimum Gasteiger partial charge on any atom is -0.478 e. The van der Waals surface area contributed by atoms with Crippen molar-refractivity contribution < 1.29 is 45.4 Å². The van der Waals surface area contributed by atoms with Crippen LogP contribution in [-0.2, 0) is 4.79 Å². The Morgan fingerprint density at radius 1 is 1.08 bits per heavy atom. The number of rotatable bonds is 7. The minimum absolute atomic E-state index is 0.0363. The zero-order valence-corrected chi connectivity index (χ0v) is 13.3. The van der Waals surface area contributed by atoms with E-state index in [0.29, 0.717) is 0 Å². The van der Waals surface area contributed by atoms with Gasteiger partial charge < -0.3 is 15.2 Å². The maximum atomic E-state index is 12.8. The van der Waals surface area contributed by atoms with Crippen LogP contribution in [0.25, 0.3) is 0 Å². The van der Waals surface area contributed by atoms with Crippen molar-refractivity contribution in [1.29, 1.82) is 0 Å². The fraction of sp³-hybridized carbons (Fsp3) is 0.467. The molecule has 0 unspecified atom stereocenters. The summed E-state index contributed by atoms with van der Waals surface area (Å²) in [6.07, 6.45) is -10.7. The number of aromatic carboxylic acids is 1. The number of hydrogen-bond acceptors (Lipinski definition) is 3. The third-order valence-corrected chi connectivity index (χ3v) is 2.71. The van der Waals surface area contributed by atoms with Gasteiger partial charge in [-0.05, 0) is 24.6 Å². The normalized spacial score (nSPS) is 11.3. The quantitative estimate of drug-likeness (QED) is 0.398. The van der Waals surface area contributed by atoms with Crippen LogP contribution in [0, 0.1) is 5.82 Å². The monoisotopic (exact) mass is 391 g/mol. The van der Waals surface area contributed by atoms with Gasteiger partial charge in [-0.25, -0.2) is 9.18 Å². The van der Waals surface area contributed by atoms with Crippen molar-refractivity contribution in [2.75, 3.05) is 11.9 Å². The van der Waals surface area contributed by atoms with Crippen LogP contribution < -0.4 is 5.32 Å². The average molecular weight is 391 g/mol. The maximum Gasteiger partial charge on any atom is 0.389 e. The SMILES string of the molecule is O=C(O)c1cc(F)ccc1NCCCC(F)(F)F.O=CCCC(F)(F)F. The average Bonchev–Trinajstić information content (AvgIpc) is 2.49. The van der Waals surface area contributed by atoms with E-state index in [2.05, 4.69) is 5.32 Å². The summed E-state index contributed by atoms with van der Waals surface area (Å²) in [5, 5.41) is 11.3. The van der Waals surface area contributed by atoms with E-state index in [1.54, 1.807) is 0 Å². The van der Waals surface area contributed by atoms with Crippen LogP contribution in [0.4, 0.5) is 36.4 Å². The molecular formula is C15H16F7NO3. The summed E-state index contributed by atoms with van der Waals surface area (Å²) >= 11 is 0. The number of carbonyl (C=O) groups excluding carboxylic acids is 1. The largest absolute Gasteiger partial charge is 0.478 e. The summed E-state index contributed by atoms with van der Waals surface area (Å²) in [5.74, 6) is -2.05. The number of halogens is 7. The van der Waals surface area contributed by atoms with Gasteiger partial charge in [-0.1, -0.05) is 0 Å². The second-order valence-corrected chi connectivity index (χ2v) is 4.96. The summed E-state index contributed by atoms with van der Waals surface area (Å²) in [6.45, 7) is -0.0363. The van der Waals surface area contributed by atoms with E-state index >= 15 is 0 Å². The molecule has 0 bridgehead atoms. The molecule has 26 heavy (non-hydrogen) atoms. The predicted octanol–water partition coefficient (Wildman–Crippen LogP) is 4.81. The number of nitrogens with one attached hydrogen (secondary N) is 1. The van der Waals surface area contributed by atoms with Crippen LogP contribution in [0.5, 0.6) is 0 Å². The van der Waals surface area contributed by atoms with Gasteiger partial charge in [-0.15, -0.1) is 0 Å². The minimum atomic E-state index is -4.24. The highest BCUT2D eigenvalue weighted by Crippen LogP contribution is 2.22. The molecule has 0 spiro atoms. The van der Waals surface area contributed by atoms with Crippen LogP contribution in [0.2, 0.25) is 0 Å². The molecule has 148 valence electrons. The molecule has 0 aromatic heterocycles. The molecule has 0 aliphatic rings. The second-order valence-electron chi connectivity index (χ2n) is 4.96. The lowest BCUT2D eigenvalue weighted by Gasteiger charge is -2.10. The van der Waals surface area contributed by atoms with Crippen LogP contribution in [0.15, 0.2) is 18.2 Å². The number of anilines is 1. The van der Waals surface area contributed by atoms with E-state index in [4.69, 9.17) is 5.11 Å². The van der Waals surface area contributed by atoms with Gasteiger partial charge in [0.15, 0.2) is 0 Å². The number of carboxylic acid groups (broad SMARTS) is 1. The molecule has 0 heterocycles. The van der Waals surface area contributed by atoms with Gasteiger partial charge in [-0.3, -0.25) is 0 Å². The van der Waals surface area contributed by atoms with Crippen molar-refractivity contribution in [3.8, 4) is 0 Å². The molecule has 1 rings (SSSR count). The predicted molar refractivity (Wildman–Crippen MR) is 78.5 cm³/mol. The number of carboxylic acids is 1. The third kappa shape index (κ3) is 12.1. The molecule has 0 aliphatic heterocycles. The summed E-state index contributed by atoms with van der Waals surface area (Å²) in [5.41, 5.74) is -0.201. The van der Waals surface area contributed by atoms with E-state index in [1.165, 1.54) is 6.07 Å². The lowest BCUT2D eigenvalue weighted by molar-refractivity contribution is -0.139. The van der Waals surface area contributed by atoms with Crippen molar-refractivity contribution in [2.45, 2.75) is 38.0 Å². The Labute approximate surface area is 144 Å². The summed E-state index contributed by atoms with van der Waals surface area (Å²) < 4.78 is 81.7. The molecular weight excluding hydrogens is 375 g/mol. The standard InChI is InChI=1S/C11H11F4NO2.C4H5F3O/c12-7-2-3-9(8(6-7)10(17)18)16-5-1-4-11(13,14)15;5-4(6,7)2-1-3-8/h2-3,6,16H,1,4-5H2,(H,17,18);3H,1-2H2. The Kier molecular flexibility index (Phi) is 9.66.